The van der Waals surface area contributed by atoms with E-state index in [1.807, 2.05) is 44.2 Å². The summed E-state index contributed by atoms with van der Waals surface area (Å²) in [5, 5.41) is 10.1. The second-order valence-corrected chi connectivity index (χ2v) is 7.44. The van der Waals surface area contributed by atoms with Crippen LogP contribution in [0.25, 0.3) is 0 Å². The van der Waals surface area contributed by atoms with Crippen LogP contribution in [-0.2, 0) is 10.0 Å². The highest BCUT2D eigenvalue weighted by atomic mass is 32.2. The minimum Gasteiger partial charge on any atom is -0.495 e. The fraction of sp³-hybridized carbons (Fsp3) is 0.333. The van der Waals surface area contributed by atoms with Gasteiger partial charge in [0.2, 0.25) is 10.0 Å². The van der Waals surface area contributed by atoms with Crippen LogP contribution in [0, 0.1) is 13.8 Å². The summed E-state index contributed by atoms with van der Waals surface area (Å²) in [7, 11) is -2.26. The van der Waals surface area contributed by atoms with Gasteiger partial charge in [0.05, 0.1) is 13.2 Å². The van der Waals surface area contributed by atoms with Crippen LogP contribution in [0.3, 0.4) is 0 Å². The van der Waals surface area contributed by atoms with Crippen LogP contribution in [0.1, 0.15) is 29.2 Å². The average Bonchev–Trinajstić information content (AvgIpc) is 2.57. The van der Waals surface area contributed by atoms with Gasteiger partial charge in [-0.15, -0.1) is 0 Å². The summed E-state index contributed by atoms with van der Waals surface area (Å²) < 4.78 is 32.8. The molecule has 0 aromatic heterocycles. The van der Waals surface area contributed by atoms with E-state index in [0.717, 1.165) is 16.7 Å². The molecule has 0 saturated heterocycles. The normalized spacial score (nSPS) is 12.8. The molecule has 2 aromatic carbocycles. The van der Waals surface area contributed by atoms with Crippen LogP contribution >= 0.6 is 0 Å². The number of aliphatic hydroxyl groups is 1. The highest BCUT2D eigenvalue weighted by Crippen LogP contribution is 2.27. The first-order valence-corrected chi connectivity index (χ1v) is 9.21. The first-order valence-electron chi connectivity index (χ1n) is 7.73. The van der Waals surface area contributed by atoms with E-state index in [4.69, 9.17) is 4.74 Å². The minimum atomic E-state index is -3.71. The molecule has 5 nitrogen and oxygen atoms in total. The lowest BCUT2D eigenvalue weighted by molar-refractivity contribution is 0.169. The van der Waals surface area contributed by atoms with Crippen LogP contribution in [0.15, 0.2) is 47.4 Å². The standard InChI is InChI=1S/C18H23NO4S/c1-13-11-17(23-3)18(12-14(13)2)24(21,22)19-10-9-16(20)15-7-5-4-6-8-15/h4-8,11-12,16,19-20H,9-10H2,1-3H3/t16-/m0/s1. The summed E-state index contributed by atoms with van der Waals surface area (Å²) in [6, 6.07) is 12.5. The predicted molar refractivity (Wildman–Crippen MR) is 93.7 cm³/mol. The van der Waals surface area contributed by atoms with Crippen molar-refractivity contribution in [2.75, 3.05) is 13.7 Å². The predicted octanol–water partition coefficient (Wildman–Crippen LogP) is 2.71. The number of benzene rings is 2. The molecule has 0 unspecified atom stereocenters. The first kappa shape index (κ1) is 18.4. The topological polar surface area (TPSA) is 75.6 Å². The highest BCUT2D eigenvalue weighted by Gasteiger charge is 2.20. The summed E-state index contributed by atoms with van der Waals surface area (Å²) in [6.07, 6.45) is -0.424. The molecule has 130 valence electrons. The van der Waals surface area contributed by atoms with E-state index in [9.17, 15) is 13.5 Å². The molecule has 6 heteroatoms. The van der Waals surface area contributed by atoms with Crippen molar-refractivity contribution in [1.29, 1.82) is 0 Å². The summed E-state index contributed by atoms with van der Waals surface area (Å²) >= 11 is 0. The molecule has 2 N–H and O–H groups in total. The van der Waals surface area contributed by atoms with E-state index in [0.29, 0.717) is 5.75 Å². The number of hydrogen-bond donors (Lipinski definition) is 2. The molecule has 0 heterocycles. The molecule has 0 aliphatic heterocycles. The Hall–Kier alpha value is -1.89. The van der Waals surface area contributed by atoms with Crippen molar-refractivity contribution < 1.29 is 18.3 Å². The molecular weight excluding hydrogens is 326 g/mol. The van der Waals surface area contributed by atoms with Crippen LogP contribution in [0.5, 0.6) is 5.75 Å². The third-order valence-electron chi connectivity index (χ3n) is 3.96. The molecule has 0 fully saturated rings. The van der Waals surface area contributed by atoms with E-state index in [2.05, 4.69) is 4.72 Å². The number of methoxy groups -OCH3 is 1. The second kappa shape index (κ2) is 7.79. The molecule has 0 aliphatic carbocycles. The van der Waals surface area contributed by atoms with Gasteiger partial charge in [-0.25, -0.2) is 13.1 Å². The highest BCUT2D eigenvalue weighted by molar-refractivity contribution is 7.89. The van der Waals surface area contributed by atoms with Gasteiger partial charge in [-0.2, -0.15) is 0 Å². The van der Waals surface area contributed by atoms with Crippen molar-refractivity contribution in [3.63, 3.8) is 0 Å². The zero-order valence-corrected chi connectivity index (χ0v) is 14.9. The van der Waals surface area contributed by atoms with Gasteiger partial charge in [0.15, 0.2) is 0 Å². The molecular formula is C18H23NO4S. The largest absolute Gasteiger partial charge is 0.495 e. The number of hydrogen-bond acceptors (Lipinski definition) is 4. The second-order valence-electron chi connectivity index (χ2n) is 5.70. The Bertz CT molecular complexity index is 788. The van der Waals surface area contributed by atoms with Gasteiger partial charge >= 0.3 is 0 Å². The van der Waals surface area contributed by atoms with Crippen molar-refractivity contribution in [2.45, 2.75) is 31.3 Å². The molecule has 1 atom stereocenters. The van der Waals surface area contributed by atoms with Gasteiger partial charge in [0, 0.05) is 6.54 Å². The summed E-state index contributed by atoms with van der Waals surface area (Å²) in [5.41, 5.74) is 2.60. The fourth-order valence-electron chi connectivity index (χ4n) is 2.38. The number of nitrogens with one attached hydrogen (secondary N) is 1. The number of sulfonamides is 1. The van der Waals surface area contributed by atoms with Gasteiger partial charge in [-0.1, -0.05) is 30.3 Å². The molecule has 0 saturated carbocycles. The van der Waals surface area contributed by atoms with E-state index >= 15 is 0 Å². The van der Waals surface area contributed by atoms with E-state index in [1.54, 1.807) is 12.1 Å². The Kier molecular flexibility index (Phi) is 5.99. The Balaban J connectivity index is 2.08. The lowest BCUT2D eigenvalue weighted by Crippen LogP contribution is -2.26. The van der Waals surface area contributed by atoms with Crippen molar-refractivity contribution in [1.82, 2.24) is 4.72 Å². The summed E-state index contributed by atoms with van der Waals surface area (Å²) in [5.74, 6) is 0.314. The number of aryl methyl sites for hydroxylation is 2. The zero-order chi connectivity index (χ0) is 17.7. The summed E-state index contributed by atoms with van der Waals surface area (Å²) in [6.45, 7) is 3.89. The maximum atomic E-state index is 12.5. The van der Waals surface area contributed by atoms with Crippen LogP contribution in [-0.4, -0.2) is 27.2 Å². The van der Waals surface area contributed by atoms with Gasteiger partial charge in [-0.05, 0) is 49.1 Å². The number of aliphatic hydroxyl groups excluding tert-OH is 1. The van der Waals surface area contributed by atoms with Crippen molar-refractivity contribution in [3.05, 3.63) is 59.2 Å². The Labute approximate surface area is 143 Å². The minimum absolute atomic E-state index is 0.113. The Morgan fingerprint density at radius 2 is 1.75 bits per heavy atom. The lowest BCUT2D eigenvalue weighted by Gasteiger charge is -2.15. The molecule has 0 bridgehead atoms. The number of rotatable bonds is 7. The van der Waals surface area contributed by atoms with Crippen molar-refractivity contribution in [3.8, 4) is 5.75 Å². The smallest absolute Gasteiger partial charge is 0.244 e. The van der Waals surface area contributed by atoms with E-state index in [1.165, 1.54) is 7.11 Å². The molecule has 0 radical (unpaired) electrons. The van der Waals surface area contributed by atoms with Crippen molar-refractivity contribution >= 4 is 10.0 Å². The van der Waals surface area contributed by atoms with Crippen LogP contribution in [0.4, 0.5) is 0 Å². The monoisotopic (exact) mass is 349 g/mol. The maximum Gasteiger partial charge on any atom is 0.244 e. The third kappa shape index (κ3) is 4.35. The fourth-order valence-corrected chi connectivity index (χ4v) is 3.66. The quantitative estimate of drug-likeness (QED) is 0.806. The molecule has 0 amide bonds. The van der Waals surface area contributed by atoms with Gasteiger partial charge < -0.3 is 9.84 Å². The molecule has 0 aliphatic rings. The van der Waals surface area contributed by atoms with E-state index < -0.39 is 16.1 Å². The molecule has 2 aromatic rings. The lowest BCUT2D eigenvalue weighted by atomic mass is 10.1. The van der Waals surface area contributed by atoms with E-state index in [-0.39, 0.29) is 17.9 Å². The average molecular weight is 349 g/mol. The summed E-state index contributed by atoms with van der Waals surface area (Å²) in [4.78, 5) is 0.113. The van der Waals surface area contributed by atoms with Crippen LogP contribution in [0.2, 0.25) is 0 Å². The van der Waals surface area contributed by atoms with Gasteiger partial charge in [0.25, 0.3) is 0 Å². The first-order chi connectivity index (χ1) is 11.3. The Morgan fingerprint density at radius 1 is 1.12 bits per heavy atom. The zero-order valence-electron chi connectivity index (χ0n) is 14.1. The molecule has 0 spiro atoms. The van der Waals surface area contributed by atoms with Gasteiger partial charge in [-0.3, -0.25) is 0 Å². The Morgan fingerprint density at radius 3 is 2.38 bits per heavy atom. The van der Waals surface area contributed by atoms with Gasteiger partial charge in [0.1, 0.15) is 10.6 Å². The third-order valence-corrected chi connectivity index (χ3v) is 5.45. The maximum absolute atomic E-state index is 12.5. The van der Waals surface area contributed by atoms with Crippen molar-refractivity contribution in [2.24, 2.45) is 0 Å². The SMILES string of the molecule is COc1cc(C)c(C)cc1S(=O)(=O)NCC[C@H](O)c1ccccc1. The molecule has 2 rings (SSSR count). The van der Waals surface area contributed by atoms with Crippen LogP contribution < -0.4 is 9.46 Å². The number of ether oxygens (including phenoxy) is 1. The molecule has 24 heavy (non-hydrogen) atoms.